The molecule has 0 aliphatic carbocycles. The first-order chi connectivity index (χ1) is 10.1. The maximum Gasteiger partial charge on any atom is 0.311 e. The average Bonchev–Trinajstić information content (AvgIpc) is 2.46. The lowest BCUT2D eigenvalue weighted by Crippen LogP contribution is -2.10. The monoisotopic (exact) mass is 308 g/mol. The molecule has 0 N–H and O–H groups in total. The van der Waals surface area contributed by atoms with Crippen molar-refractivity contribution in [2.45, 2.75) is 18.5 Å². The minimum Gasteiger partial charge on any atom is -0.493 e. The number of methoxy groups -OCH3 is 2. The molecule has 0 radical (unpaired) electrons. The van der Waals surface area contributed by atoms with Crippen LogP contribution in [0.1, 0.15) is 12.6 Å². The number of hydrogen-bond acceptors (Lipinski definition) is 7. The van der Waals surface area contributed by atoms with Gasteiger partial charge in [0.1, 0.15) is 0 Å². The van der Waals surface area contributed by atoms with Crippen molar-refractivity contribution in [1.29, 1.82) is 0 Å². The van der Waals surface area contributed by atoms with Crippen molar-refractivity contribution in [2.75, 3.05) is 20.8 Å². The zero-order valence-electron chi connectivity index (χ0n) is 12.0. The second-order valence-corrected chi connectivity index (χ2v) is 4.58. The van der Waals surface area contributed by atoms with E-state index in [-0.39, 0.29) is 17.5 Å². The molecule has 0 amide bonds. The number of thiol groups is 1. The first kappa shape index (κ1) is 15.4. The van der Waals surface area contributed by atoms with Crippen LogP contribution in [0.15, 0.2) is 17.3 Å². The van der Waals surface area contributed by atoms with Gasteiger partial charge in [-0.1, -0.05) is 0 Å². The summed E-state index contributed by atoms with van der Waals surface area (Å²) in [5, 5.41) is 0.993. The molecule has 2 aromatic rings. The molecule has 0 bridgehead atoms. The molecule has 112 valence electrons. The van der Waals surface area contributed by atoms with Crippen molar-refractivity contribution in [2.24, 2.45) is 0 Å². The third kappa shape index (κ3) is 3.36. The van der Waals surface area contributed by atoms with Crippen LogP contribution in [0.4, 0.5) is 0 Å². The lowest BCUT2D eigenvalue weighted by molar-refractivity contribution is -0.142. The first-order valence-electron chi connectivity index (χ1n) is 6.36. The Morgan fingerprint density at radius 1 is 1.19 bits per heavy atom. The van der Waals surface area contributed by atoms with E-state index in [1.54, 1.807) is 33.3 Å². The van der Waals surface area contributed by atoms with E-state index in [0.717, 1.165) is 0 Å². The maximum absolute atomic E-state index is 11.7. The molecular formula is C14H16N2O4S. The maximum atomic E-state index is 11.7. The van der Waals surface area contributed by atoms with Crippen molar-refractivity contribution >= 4 is 29.5 Å². The fourth-order valence-corrected chi connectivity index (χ4v) is 2.22. The zero-order chi connectivity index (χ0) is 15.4. The Bertz CT molecular complexity index is 676. The molecule has 0 aliphatic heterocycles. The highest BCUT2D eigenvalue weighted by Crippen LogP contribution is 2.32. The molecule has 0 fully saturated rings. The summed E-state index contributed by atoms with van der Waals surface area (Å²) in [7, 11) is 3.09. The van der Waals surface area contributed by atoms with Gasteiger partial charge in [0.2, 0.25) is 0 Å². The van der Waals surface area contributed by atoms with Crippen LogP contribution in [-0.4, -0.2) is 36.8 Å². The van der Waals surface area contributed by atoms with Gasteiger partial charge in [-0.25, -0.2) is 9.97 Å². The summed E-state index contributed by atoms with van der Waals surface area (Å²) < 4.78 is 15.5. The minimum absolute atomic E-state index is 0.0515. The number of esters is 1. The number of ether oxygens (including phenoxy) is 3. The molecule has 2 rings (SSSR count). The number of nitrogens with zero attached hydrogens (tertiary/aromatic N) is 2. The number of carbonyl (C=O) groups is 1. The van der Waals surface area contributed by atoms with E-state index in [4.69, 9.17) is 14.2 Å². The van der Waals surface area contributed by atoms with E-state index < -0.39 is 0 Å². The van der Waals surface area contributed by atoms with Crippen LogP contribution in [0.5, 0.6) is 11.5 Å². The van der Waals surface area contributed by atoms with E-state index in [9.17, 15) is 4.79 Å². The van der Waals surface area contributed by atoms with Crippen molar-refractivity contribution in [3.8, 4) is 11.5 Å². The molecule has 0 atom stereocenters. The van der Waals surface area contributed by atoms with E-state index >= 15 is 0 Å². The van der Waals surface area contributed by atoms with Crippen LogP contribution in [0.3, 0.4) is 0 Å². The smallest absolute Gasteiger partial charge is 0.311 e. The van der Waals surface area contributed by atoms with Crippen LogP contribution >= 0.6 is 12.6 Å². The lowest BCUT2D eigenvalue weighted by Gasteiger charge is -2.11. The van der Waals surface area contributed by atoms with Gasteiger partial charge < -0.3 is 14.2 Å². The predicted octanol–water partition coefficient (Wildman–Crippen LogP) is 2.04. The van der Waals surface area contributed by atoms with Crippen molar-refractivity contribution in [3.63, 3.8) is 0 Å². The van der Waals surface area contributed by atoms with Gasteiger partial charge in [-0.15, -0.1) is 12.6 Å². The minimum atomic E-state index is -0.347. The SMILES string of the molecule is CCOC(=O)Cc1nc(S)nc2cc(OC)c(OC)cc12. The lowest BCUT2D eigenvalue weighted by atomic mass is 10.1. The largest absolute Gasteiger partial charge is 0.493 e. The molecule has 7 heteroatoms. The third-order valence-corrected chi connectivity index (χ3v) is 3.09. The molecule has 1 heterocycles. The van der Waals surface area contributed by atoms with Gasteiger partial charge in [-0.05, 0) is 13.0 Å². The van der Waals surface area contributed by atoms with Gasteiger partial charge in [-0.2, -0.15) is 0 Å². The topological polar surface area (TPSA) is 70.5 Å². The highest BCUT2D eigenvalue weighted by Gasteiger charge is 2.15. The summed E-state index contributed by atoms with van der Waals surface area (Å²) in [5.74, 6) is 0.754. The second-order valence-electron chi connectivity index (χ2n) is 4.18. The van der Waals surface area contributed by atoms with Crippen molar-refractivity contribution < 1.29 is 19.0 Å². The van der Waals surface area contributed by atoms with Crippen LogP contribution in [0, 0.1) is 0 Å². The summed E-state index contributed by atoms with van der Waals surface area (Å²) in [5.41, 5.74) is 1.18. The van der Waals surface area contributed by atoms with E-state index in [0.29, 0.717) is 34.7 Å². The van der Waals surface area contributed by atoms with E-state index in [2.05, 4.69) is 22.6 Å². The number of hydrogen-bond donors (Lipinski definition) is 1. The Hall–Kier alpha value is -2.02. The van der Waals surface area contributed by atoms with Gasteiger partial charge in [-0.3, -0.25) is 4.79 Å². The van der Waals surface area contributed by atoms with E-state index in [1.807, 2.05) is 0 Å². The van der Waals surface area contributed by atoms with E-state index in [1.165, 1.54) is 0 Å². The number of benzene rings is 1. The van der Waals surface area contributed by atoms with Crippen LogP contribution < -0.4 is 9.47 Å². The van der Waals surface area contributed by atoms with Gasteiger partial charge in [0.25, 0.3) is 0 Å². The van der Waals surface area contributed by atoms with Crippen LogP contribution in [0.25, 0.3) is 10.9 Å². The summed E-state index contributed by atoms with van der Waals surface area (Å²) in [6.07, 6.45) is 0.0515. The molecular weight excluding hydrogens is 292 g/mol. The molecule has 0 spiro atoms. The zero-order valence-corrected chi connectivity index (χ0v) is 12.9. The third-order valence-electron chi connectivity index (χ3n) is 2.89. The Labute approximate surface area is 127 Å². The van der Waals surface area contributed by atoms with Gasteiger partial charge in [0.05, 0.1) is 38.5 Å². The Morgan fingerprint density at radius 2 is 1.86 bits per heavy atom. The Balaban J connectivity index is 2.56. The van der Waals surface area contributed by atoms with Crippen LogP contribution in [0.2, 0.25) is 0 Å². The molecule has 0 aliphatic rings. The summed E-state index contributed by atoms with van der Waals surface area (Å²) in [6, 6.07) is 3.47. The fraction of sp³-hybridized carbons (Fsp3) is 0.357. The molecule has 1 aromatic heterocycles. The fourth-order valence-electron chi connectivity index (χ4n) is 1.99. The quantitative estimate of drug-likeness (QED) is 0.518. The summed E-state index contributed by atoms with van der Waals surface area (Å²) in [6.45, 7) is 2.08. The second kappa shape index (κ2) is 6.62. The molecule has 0 saturated carbocycles. The number of carbonyl (C=O) groups excluding carboxylic acids is 1. The first-order valence-corrected chi connectivity index (χ1v) is 6.81. The number of fused-ring (bicyclic) bond motifs is 1. The van der Waals surface area contributed by atoms with Crippen LogP contribution in [-0.2, 0) is 16.0 Å². The number of aromatic nitrogens is 2. The highest BCUT2D eigenvalue weighted by molar-refractivity contribution is 7.80. The Morgan fingerprint density at radius 3 is 2.48 bits per heavy atom. The van der Waals surface area contributed by atoms with Gasteiger partial charge >= 0.3 is 5.97 Å². The molecule has 0 unspecified atom stereocenters. The predicted molar refractivity (Wildman–Crippen MR) is 80.2 cm³/mol. The Kier molecular flexibility index (Phi) is 4.85. The molecule has 0 saturated heterocycles. The summed E-state index contributed by atoms with van der Waals surface area (Å²) >= 11 is 4.17. The standard InChI is InChI=1S/C14H16N2O4S/c1-4-20-13(17)7-10-8-5-11(18-2)12(19-3)6-9(8)15-14(21)16-10/h5-6H,4,7H2,1-3H3,(H,15,16,21). The summed E-state index contributed by atoms with van der Waals surface area (Å²) in [4.78, 5) is 20.1. The van der Waals surface area contributed by atoms with Gasteiger partial charge in [0, 0.05) is 11.5 Å². The molecule has 6 nitrogen and oxygen atoms in total. The highest BCUT2D eigenvalue weighted by atomic mass is 32.1. The number of rotatable bonds is 5. The molecule has 1 aromatic carbocycles. The van der Waals surface area contributed by atoms with Gasteiger partial charge in [0.15, 0.2) is 16.7 Å². The molecule has 21 heavy (non-hydrogen) atoms. The average molecular weight is 308 g/mol. The van der Waals surface area contributed by atoms with Crippen molar-refractivity contribution in [3.05, 3.63) is 17.8 Å². The normalized spacial score (nSPS) is 10.5. The van der Waals surface area contributed by atoms with Crippen molar-refractivity contribution in [1.82, 2.24) is 9.97 Å².